The normalized spacial score (nSPS) is 11.8. The Morgan fingerprint density at radius 3 is 2.37 bits per heavy atom. The Labute approximate surface area is 266 Å². The number of carbonyl (C=O) groups excluding carboxylic acids is 2. The van der Waals surface area contributed by atoms with Crippen LogP contribution in [0.1, 0.15) is 47.1 Å². The van der Waals surface area contributed by atoms with E-state index in [1.54, 1.807) is 25.1 Å². The van der Waals surface area contributed by atoms with Gasteiger partial charge in [-0.25, -0.2) is 10.2 Å². The van der Waals surface area contributed by atoms with E-state index in [2.05, 4.69) is 72.9 Å². The monoisotopic (exact) mass is 715 g/mol. The maximum absolute atomic E-state index is 12.6. The SMILES string of the molecule is CCOc1cc(/C=N/NC(=O)c2ccc(COc3ccc(-n4c(C)ccc4C)cc3)o2)c(Br)c(Br)c1O[C@H](C)C(=O)OC. The first-order valence-electron chi connectivity index (χ1n) is 13.3. The predicted octanol–water partition coefficient (Wildman–Crippen LogP) is 6.89. The number of amides is 1. The number of furan rings is 1. The lowest BCUT2D eigenvalue weighted by Gasteiger charge is -2.19. The number of halogens is 2. The average Bonchev–Trinajstić information content (AvgIpc) is 3.62. The zero-order chi connectivity index (χ0) is 31.1. The van der Waals surface area contributed by atoms with Gasteiger partial charge in [-0.2, -0.15) is 5.10 Å². The molecule has 1 atom stereocenters. The van der Waals surface area contributed by atoms with E-state index in [1.165, 1.54) is 13.3 Å². The Balaban J connectivity index is 1.37. The minimum atomic E-state index is -0.862. The third-order valence-corrected chi connectivity index (χ3v) is 8.43. The molecular formula is C31H31Br2N3O7. The second-order valence-corrected chi connectivity index (χ2v) is 10.9. The lowest BCUT2D eigenvalue weighted by atomic mass is 10.2. The number of ether oxygens (including phenoxy) is 4. The summed E-state index contributed by atoms with van der Waals surface area (Å²) in [5, 5.41) is 4.06. The van der Waals surface area contributed by atoms with Crippen LogP contribution in [0.2, 0.25) is 0 Å². The molecule has 0 fully saturated rings. The van der Waals surface area contributed by atoms with Gasteiger partial charge in [0.15, 0.2) is 23.4 Å². The first-order valence-corrected chi connectivity index (χ1v) is 14.9. The number of rotatable bonds is 12. The third kappa shape index (κ3) is 7.68. The highest BCUT2D eigenvalue weighted by Crippen LogP contribution is 2.43. The molecule has 43 heavy (non-hydrogen) atoms. The quantitative estimate of drug-likeness (QED) is 0.0965. The van der Waals surface area contributed by atoms with Crippen molar-refractivity contribution < 1.29 is 33.0 Å². The standard InChI is InChI=1S/C31H31Br2N3O7/c1-6-40-26-15-21(27(32)28(33)29(26)42-20(4)31(38)39-5)16-34-35-30(37)25-14-13-24(43-25)17-41-23-11-9-22(10-12-23)36-18(2)7-8-19(36)3/h7-16,20H,6,17H2,1-5H3,(H,35,37)/b34-16+/t20-/m1/s1. The van der Waals surface area contributed by atoms with Crippen molar-refractivity contribution in [1.29, 1.82) is 0 Å². The minimum absolute atomic E-state index is 0.0838. The summed E-state index contributed by atoms with van der Waals surface area (Å²) in [5.41, 5.74) is 6.40. The van der Waals surface area contributed by atoms with Crippen LogP contribution >= 0.6 is 31.9 Å². The van der Waals surface area contributed by atoms with Crippen LogP contribution in [0.15, 0.2) is 73.1 Å². The zero-order valence-corrected chi connectivity index (χ0v) is 27.4. The van der Waals surface area contributed by atoms with Gasteiger partial charge in [0.05, 0.1) is 24.4 Å². The van der Waals surface area contributed by atoms with Crippen molar-refractivity contribution in [2.75, 3.05) is 13.7 Å². The molecule has 0 radical (unpaired) electrons. The maximum Gasteiger partial charge on any atom is 0.346 e. The fourth-order valence-corrected chi connectivity index (χ4v) is 5.09. The van der Waals surface area contributed by atoms with Gasteiger partial charge in [-0.3, -0.25) is 4.79 Å². The Bertz CT molecular complexity index is 1610. The van der Waals surface area contributed by atoms with E-state index >= 15 is 0 Å². The van der Waals surface area contributed by atoms with Crippen LogP contribution in [-0.4, -0.2) is 42.5 Å². The molecule has 0 spiro atoms. The summed E-state index contributed by atoms with van der Waals surface area (Å²) >= 11 is 6.98. The van der Waals surface area contributed by atoms with Crippen LogP contribution in [0, 0.1) is 13.8 Å². The Kier molecular flexibility index (Phi) is 10.7. The molecule has 0 aliphatic carbocycles. The Morgan fingerprint density at radius 2 is 1.72 bits per heavy atom. The molecule has 10 nitrogen and oxygen atoms in total. The first kappa shape index (κ1) is 31.9. The van der Waals surface area contributed by atoms with Gasteiger partial charge in [0.25, 0.3) is 0 Å². The summed E-state index contributed by atoms with van der Waals surface area (Å²) in [6.07, 6.45) is 0.579. The fourth-order valence-electron chi connectivity index (χ4n) is 4.18. The number of esters is 1. The summed E-state index contributed by atoms with van der Waals surface area (Å²) in [7, 11) is 1.29. The molecule has 0 aliphatic heterocycles. The van der Waals surface area contributed by atoms with Crippen LogP contribution in [-0.2, 0) is 16.1 Å². The summed E-state index contributed by atoms with van der Waals surface area (Å²) in [6, 6.07) is 16.8. The molecule has 0 bridgehead atoms. The van der Waals surface area contributed by atoms with E-state index in [0.717, 1.165) is 17.1 Å². The average molecular weight is 717 g/mol. The van der Waals surface area contributed by atoms with Gasteiger partial charge in [0.1, 0.15) is 18.1 Å². The highest BCUT2D eigenvalue weighted by Gasteiger charge is 2.23. The highest BCUT2D eigenvalue weighted by atomic mass is 79.9. The topological polar surface area (TPSA) is 114 Å². The minimum Gasteiger partial charge on any atom is -0.490 e. The van der Waals surface area contributed by atoms with E-state index < -0.39 is 18.0 Å². The summed E-state index contributed by atoms with van der Waals surface area (Å²) < 4.78 is 31.0. The van der Waals surface area contributed by atoms with Crippen molar-refractivity contribution in [3.05, 3.63) is 92.0 Å². The zero-order valence-electron chi connectivity index (χ0n) is 24.3. The van der Waals surface area contributed by atoms with Crippen LogP contribution in [0.4, 0.5) is 0 Å². The smallest absolute Gasteiger partial charge is 0.346 e. The van der Waals surface area contributed by atoms with Crippen LogP contribution in [0.25, 0.3) is 5.69 Å². The second kappa shape index (κ2) is 14.4. The second-order valence-electron chi connectivity index (χ2n) is 9.34. The molecule has 0 saturated heterocycles. The van der Waals surface area contributed by atoms with Crippen LogP contribution < -0.4 is 19.6 Å². The van der Waals surface area contributed by atoms with Crippen molar-refractivity contribution in [2.45, 2.75) is 40.4 Å². The summed E-state index contributed by atoms with van der Waals surface area (Å²) in [4.78, 5) is 24.5. The highest BCUT2D eigenvalue weighted by molar-refractivity contribution is 9.13. The summed E-state index contributed by atoms with van der Waals surface area (Å²) in [5.74, 6) is 0.884. The third-order valence-electron chi connectivity index (χ3n) is 6.29. The lowest BCUT2D eigenvalue weighted by Crippen LogP contribution is -2.25. The molecule has 2 heterocycles. The number of nitrogens with one attached hydrogen (secondary N) is 1. The number of methoxy groups -OCH3 is 1. The van der Waals surface area contributed by atoms with Crippen molar-refractivity contribution in [3.8, 4) is 22.9 Å². The van der Waals surface area contributed by atoms with Gasteiger partial charge in [-0.1, -0.05) is 0 Å². The largest absolute Gasteiger partial charge is 0.490 e. The van der Waals surface area contributed by atoms with Gasteiger partial charge < -0.3 is 27.9 Å². The van der Waals surface area contributed by atoms with E-state index in [1.807, 2.05) is 31.2 Å². The van der Waals surface area contributed by atoms with Gasteiger partial charge in [0, 0.05) is 27.1 Å². The number of hydrazone groups is 1. The number of hydrogen-bond acceptors (Lipinski definition) is 8. The molecule has 1 amide bonds. The van der Waals surface area contributed by atoms with E-state index in [9.17, 15) is 9.59 Å². The number of hydrogen-bond donors (Lipinski definition) is 1. The molecule has 0 saturated carbocycles. The maximum atomic E-state index is 12.6. The Morgan fingerprint density at radius 1 is 1.02 bits per heavy atom. The van der Waals surface area contributed by atoms with E-state index in [-0.39, 0.29) is 12.4 Å². The number of carbonyl (C=O) groups is 2. The van der Waals surface area contributed by atoms with Gasteiger partial charge in [-0.05, 0) is 114 Å². The van der Waals surface area contributed by atoms with E-state index in [0.29, 0.717) is 44.1 Å². The van der Waals surface area contributed by atoms with Crippen molar-refractivity contribution in [2.24, 2.45) is 5.10 Å². The number of benzene rings is 2. The first-order chi connectivity index (χ1) is 20.6. The molecule has 4 rings (SSSR count). The Hall–Kier alpha value is -4.03. The molecule has 1 N–H and O–H groups in total. The lowest BCUT2D eigenvalue weighted by molar-refractivity contribution is -0.148. The predicted molar refractivity (Wildman–Crippen MR) is 168 cm³/mol. The van der Waals surface area contributed by atoms with Gasteiger partial charge in [0.2, 0.25) is 0 Å². The molecule has 0 unspecified atom stereocenters. The molecule has 2 aromatic carbocycles. The van der Waals surface area contributed by atoms with Crippen molar-refractivity contribution in [1.82, 2.24) is 9.99 Å². The van der Waals surface area contributed by atoms with Gasteiger partial charge in [-0.15, -0.1) is 0 Å². The number of aromatic nitrogens is 1. The molecular weight excluding hydrogens is 686 g/mol. The fraction of sp³-hybridized carbons (Fsp3) is 0.258. The number of nitrogens with zero attached hydrogens (tertiary/aromatic N) is 2. The van der Waals surface area contributed by atoms with Crippen molar-refractivity contribution in [3.63, 3.8) is 0 Å². The van der Waals surface area contributed by atoms with Gasteiger partial charge >= 0.3 is 11.9 Å². The molecule has 226 valence electrons. The molecule has 2 aromatic heterocycles. The molecule has 12 heteroatoms. The van der Waals surface area contributed by atoms with E-state index in [4.69, 9.17) is 23.4 Å². The molecule has 4 aromatic rings. The van der Waals surface area contributed by atoms with Crippen molar-refractivity contribution >= 4 is 50.0 Å². The molecule has 0 aliphatic rings. The number of aryl methyl sites for hydroxylation is 2. The van der Waals surface area contributed by atoms with Crippen LogP contribution in [0.5, 0.6) is 17.2 Å². The van der Waals surface area contributed by atoms with Crippen LogP contribution in [0.3, 0.4) is 0 Å². The summed E-state index contributed by atoms with van der Waals surface area (Å²) in [6.45, 7) is 8.03.